The van der Waals surface area contributed by atoms with Crippen molar-refractivity contribution in [1.29, 1.82) is 0 Å². The van der Waals surface area contributed by atoms with Gasteiger partial charge in [-0.15, -0.1) is 0 Å². The molecule has 1 heterocycles. The fraction of sp³-hybridized carbons (Fsp3) is 0.562. The molecule has 1 aliphatic heterocycles. The number of nitrogens with one attached hydrogen (secondary N) is 1. The molecule has 2 rings (SSSR count). The standard InChI is InChI=1S/C16H24N2O2/c1-3-10-17-15-9-5-4-8-14(15)16(19)18(2)12-13-7-6-11-20-13/h4-5,8-9,13,17H,3,6-7,10-12H2,1-2H3. The third-order valence-corrected chi connectivity index (χ3v) is 3.57. The highest BCUT2D eigenvalue weighted by molar-refractivity contribution is 5.99. The Balaban J connectivity index is 2.03. The van der Waals surface area contributed by atoms with Gasteiger partial charge >= 0.3 is 0 Å². The van der Waals surface area contributed by atoms with Crippen LogP contribution in [-0.4, -0.2) is 43.7 Å². The molecule has 4 heteroatoms. The number of para-hydroxylation sites is 1. The van der Waals surface area contributed by atoms with Gasteiger partial charge in [0.25, 0.3) is 5.91 Å². The van der Waals surface area contributed by atoms with Gasteiger partial charge in [0.15, 0.2) is 0 Å². The van der Waals surface area contributed by atoms with E-state index in [2.05, 4.69) is 12.2 Å². The molecule has 1 unspecified atom stereocenters. The highest BCUT2D eigenvalue weighted by atomic mass is 16.5. The van der Waals surface area contributed by atoms with Crippen molar-refractivity contribution in [2.24, 2.45) is 0 Å². The topological polar surface area (TPSA) is 41.6 Å². The lowest BCUT2D eigenvalue weighted by molar-refractivity contribution is 0.0588. The summed E-state index contributed by atoms with van der Waals surface area (Å²) in [5, 5.41) is 3.31. The van der Waals surface area contributed by atoms with Gasteiger partial charge in [-0.1, -0.05) is 19.1 Å². The van der Waals surface area contributed by atoms with E-state index >= 15 is 0 Å². The van der Waals surface area contributed by atoms with E-state index in [0.29, 0.717) is 6.54 Å². The van der Waals surface area contributed by atoms with E-state index < -0.39 is 0 Å². The maximum Gasteiger partial charge on any atom is 0.255 e. The van der Waals surface area contributed by atoms with Crippen LogP contribution >= 0.6 is 0 Å². The Labute approximate surface area is 121 Å². The first-order valence-electron chi connectivity index (χ1n) is 7.42. The lowest BCUT2D eigenvalue weighted by atomic mass is 10.1. The lowest BCUT2D eigenvalue weighted by Gasteiger charge is -2.22. The molecule has 4 nitrogen and oxygen atoms in total. The molecule has 20 heavy (non-hydrogen) atoms. The summed E-state index contributed by atoms with van der Waals surface area (Å²) in [6.07, 6.45) is 3.38. The summed E-state index contributed by atoms with van der Waals surface area (Å²) in [6.45, 7) is 4.48. The van der Waals surface area contributed by atoms with Gasteiger partial charge in [-0.25, -0.2) is 0 Å². The van der Waals surface area contributed by atoms with Crippen molar-refractivity contribution >= 4 is 11.6 Å². The SMILES string of the molecule is CCCNc1ccccc1C(=O)N(C)CC1CCCO1. The molecule has 0 saturated carbocycles. The third-order valence-electron chi connectivity index (χ3n) is 3.57. The van der Waals surface area contributed by atoms with Crippen molar-refractivity contribution in [3.8, 4) is 0 Å². The Morgan fingerprint density at radius 1 is 1.45 bits per heavy atom. The lowest BCUT2D eigenvalue weighted by Crippen LogP contribution is -2.34. The number of likely N-dealkylation sites (N-methyl/N-ethyl adjacent to an activating group) is 1. The Morgan fingerprint density at radius 3 is 2.95 bits per heavy atom. The molecule has 1 aliphatic rings. The highest BCUT2D eigenvalue weighted by Crippen LogP contribution is 2.19. The van der Waals surface area contributed by atoms with Crippen LogP contribution in [0.3, 0.4) is 0 Å². The normalized spacial score (nSPS) is 18.0. The Kier molecular flexibility index (Phi) is 5.41. The van der Waals surface area contributed by atoms with Crippen molar-refractivity contribution < 1.29 is 9.53 Å². The summed E-state index contributed by atoms with van der Waals surface area (Å²) >= 11 is 0. The minimum absolute atomic E-state index is 0.0553. The summed E-state index contributed by atoms with van der Waals surface area (Å²) in [5.74, 6) is 0.0553. The van der Waals surface area contributed by atoms with Crippen LogP contribution in [0.4, 0.5) is 5.69 Å². The largest absolute Gasteiger partial charge is 0.384 e. The first kappa shape index (κ1) is 14.9. The first-order chi connectivity index (χ1) is 9.72. The number of nitrogens with zero attached hydrogens (tertiary/aromatic N) is 1. The first-order valence-corrected chi connectivity index (χ1v) is 7.42. The predicted octanol–water partition coefficient (Wildman–Crippen LogP) is 2.76. The monoisotopic (exact) mass is 276 g/mol. The molecule has 1 atom stereocenters. The number of rotatable bonds is 6. The summed E-state index contributed by atoms with van der Waals surface area (Å²) < 4.78 is 5.60. The average molecular weight is 276 g/mol. The maximum atomic E-state index is 12.5. The van der Waals surface area contributed by atoms with Gasteiger partial charge in [0.2, 0.25) is 0 Å². The van der Waals surface area contributed by atoms with Gasteiger partial charge in [-0.3, -0.25) is 4.79 Å². The highest BCUT2D eigenvalue weighted by Gasteiger charge is 2.22. The molecule has 1 amide bonds. The fourth-order valence-corrected chi connectivity index (χ4v) is 2.47. The number of benzene rings is 1. The van der Waals surface area contributed by atoms with Gasteiger partial charge in [0, 0.05) is 32.4 Å². The molecule has 0 aliphatic carbocycles. The van der Waals surface area contributed by atoms with Crippen molar-refractivity contribution in [3.63, 3.8) is 0 Å². The van der Waals surface area contributed by atoms with Crippen LogP contribution in [-0.2, 0) is 4.74 Å². The summed E-state index contributed by atoms with van der Waals surface area (Å²) in [6, 6.07) is 7.70. The van der Waals surface area contributed by atoms with E-state index in [1.807, 2.05) is 31.3 Å². The van der Waals surface area contributed by atoms with Crippen molar-refractivity contribution in [3.05, 3.63) is 29.8 Å². The minimum Gasteiger partial charge on any atom is -0.384 e. The summed E-state index contributed by atoms with van der Waals surface area (Å²) in [5.41, 5.74) is 1.65. The van der Waals surface area contributed by atoms with Crippen LogP contribution in [0.25, 0.3) is 0 Å². The number of hydrogen-bond acceptors (Lipinski definition) is 3. The summed E-state index contributed by atoms with van der Waals surface area (Å²) in [4.78, 5) is 14.3. The second kappa shape index (κ2) is 7.29. The molecule has 0 spiro atoms. The zero-order valence-corrected chi connectivity index (χ0v) is 12.4. The van der Waals surface area contributed by atoms with Crippen molar-refractivity contribution in [1.82, 2.24) is 4.90 Å². The Morgan fingerprint density at radius 2 is 2.25 bits per heavy atom. The van der Waals surface area contributed by atoms with E-state index in [1.54, 1.807) is 4.90 Å². The van der Waals surface area contributed by atoms with E-state index in [1.165, 1.54) is 0 Å². The molecule has 1 saturated heterocycles. The number of hydrogen-bond donors (Lipinski definition) is 1. The number of amides is 1. The molecule has 0 aromatic heterocycles. The average Bonchev–Trinajstić information content (AvgIpc) is 2.97. The van der Waals surface area contributed by atoms with E-state index in [4.69, 9.17) is 4.74 Å². The Hall–Kier alpha value is -1.55. The van der Waals surface area contributed by atoms with Gasteiger partial charge in [0.05, 0.1) is 11.7 Å². The van der Waals surface area contributed by atoms with Crippen LogP contribution in [0.5, 0.6) is 0 Å². The molecule has 110 valence electrons. The second-order valence-corrected chi connectivity index (χ2v) is 5.29. The van der Waals surface area contributed by atoms with Crippen LogP contribution in [0, 0.1) is 0 Å². The van der Waals surface area contributed by atoms with Gasteiger partial charge in [-0.2, -0.15) is 0 Å². The third kappa shape index (κ3) is 3.73. The molecule has 1 fully saturated rings. The van der Waals surface area contributed by atoms with Crippen LogP contribution in [0.2, 0.25) is 0 Å². The van der Waals surface area contributed by atoms with Gasteiger partial charge < -0.3 is 15.0 Å². The molecule has 0 radical (unpaired) electrons. The summed E-state index contributed by atoms with van der Waals surface area (Å²) in [7, 11) is 1.85. The Bertz CT molecular complexity index is 442. The molecule has 1 N–H and O–H groups in total. The molecule has 0 bridgehead atoms. The molecule has 1 aromatic carbocycles. The van der Waals surface area contributed by atoms with Gasteiger partial charge in [0.1, 0.15) is 0 Å². The van der Waals surface area contributed by atoms with Crippen LogP contribution in [0.1, 0.15) is 36.5 Å². The zero-order valence-electron chi connectivity index (χ0n) is 12.4. The second-order valence-electron chi connectivity index (χ2n) is 5.29. The van der Waals surface area contributed by atoms with Crippen LogP contribution in [0.15, 0.2) is 24.3 Å². The van der Waals surface area contributed by atoms with E-state index in [9.17, 15) is 4.79 Å². The molecular weight excluding hydrogens is 252 g/mol. The van der Waals surface area contributed by atoms with E-state index in [0.717, 1.165) is 43.7 Å². The molecule has 1 aromatic rings. The fourth-order valence-electron chi connectivity index (χ4n) is 2.47. The predicted molar refractivity (Wildman–Crippen MR) is 81.2 cm³/mol. The minimum atomic E-state index is 0.0553. The quantitative estimate of drug-likeness (QED) is 0.868. The smallest absolute Gasteiger partial charge is 0.255 e. The number of anilines is 1. The van der Waals surface area contributed by atoms with E-state index in [-0.39, 0.29) is 12.0 Å². The zero-order chi connectivity index (χ0) is 14.4. The van der Waals surface area contributed by atoms with Crippen molar-refractivity contribution in [2.45, 2.75) is 32.3 Å². The number of ether oxygens (including phenoxy) is 1. The van der Waals surface area contributed by atoms with Gasteiger partial charge in [-0.05, 0) is 31.4 Å². The maximum absolute atomic E-state index is 12.5. The number of carbonyl (C=O) groups excluding carboxylic acids is 1. The number of carbonyl (C=O) groups is 1. The van der Waals surface area contributed by atoms with Crippen molar-refractivity contribution in [2.75, 3.05) is 32.1 Å². The van der Waals surface area contributed by atoms with Crippen LogP contribution < -0.4 is 5.32 Å². The molecular formula is C16H24N2O2.